The molecular weight excluding hydrogens is 400 g/mol. The van der Waals surface area contributed by atoms with Crippen molar-refractivity contribution in [3.63, 3.8) is 0 Å². The Morgan fingerprint density at radius 3 is 2.47 bits per heavy atom. The molecule has 2 fully saturated rings. The zero-order valence-corrected chi connectivity index (χ0v) is 19.1. The quantitative estimate of drug-likeness (QED) is 0.743. The van der Waals surface area contributed by atoms with Crippen LogP contribution in [0.5, 0.6) is 0 Å². The number of nitrogens with zero attached hydrogens (tertiary/aromatic N) is 3. The third-order valence-electron chi connectivity index (χ3n) is 6.89. The van der Waals surface area contributed by atoms with Gasteiger partial charge in [0.1, 0.15) is 5.82 Å². The number of carbonyl (C=O) groups is 2. The van der Waals surface area contributed by atoms with Gasteiger partial charge in [0.2, 0.25) is 5.91 Å². The summed E-state index contributed by atoms with van der Waals surface area (Å²) in [6, 6.07) is 9.89. The first-order valence-electron chi connectivity index (χ1n) is 12.0. The van der Waals surface area contributed by atoms with Crippen LogP contribution in [0.1, 0.15) is 72.4 Å². The van der Waals surface area contributed by atoms with Crippen LogP contribution in [0.15, 0.2) is 36.5 Å². The Balaban J connectivity index is 1.34. The highest BCUT2D eigenvalue weighted by atomic mass is 16.2. The highest BCUT2D eigenvalue weighted by Crippen LogP contribution is 2.28. The number of benzene rings is 1. The molecule has 1 saturated heterocycles. The third-order valence-corrected chi connectivity index (χ3v) is 6.89. The molecule has 0 radical (unpaired) electrons. The van der Waals surface area contributed by atoms with E-state index in [0.717, 1.165) is 56.5 Å². The molecule has 6 heteroatoms. The molecule has 170 valence electrons. The average molecular weight is 435 g/mol. The fourth-order valence-corrected chi connectivity index (χ4v) is 4.97. The first-order chi connectivity index (χ1) is 15.6. The van der Waals surface area contributed by atoms with Crippen LogP contribution >= 0.6 is 0 Å². The van der Waals surface area contributed by atoms with Crippen LogP contribution in [0.3, 0.4) is 0 Å². The predicted octanol–water partition coefficient (Wildman–Crippen LogP) is 4.08. The lowest BCUT2D eigenvalue weighted by atomic mass is 9.86. The van der Waals surface area contributed by atoms with Crippen LogP contribution < -0.4 is 5.32 Å². The average Bonchev–Trinajstić information content (AvgIpc) is 2.84. The number of carbonyl (C=O) groups excluding carboxylic acids is 2. The van der Waals surface area contributed by atoms with E-state index >= 15 is 0 Å². The van der Waals surface area contributed by atoms with Crippen molar-refractivity contribution >= 4 is 11.8 Å². The van der Waals surface area contributed by atoms with Crippen LogP contribution in [-0.2, 0) is 17.8 Å². The Morgan fingerprint density at radius 2 is 1.75 bits per heavy atom. The summed E-state index contributed by atoms with van der Waals surface area (Å²) in [5.41, 5.74) is 2.44. The molecule has 1 aliphatic carbocycles. The van der Waals surface area contributed by atoms with E-state index in [0.29, 0.717) is 29.8 Å². The molecule has 1 saturated carbocycles. The Bertz CT molecular complexity index is 917. The van der Waals surface area contributed by atoms with Gasteiger partial charge in [0.15, 0.2) is 0 Å². The van der Waals surface area contributed by atoms with E-state index < -0.39 is 0 Å². The van der Waals surface area contributed by atoms with Crippen molar-refractivity contribution in [3.8, 4) is 0 Å². The largest absolute Gasteiger partial charge is 0.348 e. The Labute approximate surface area is 190 Å². The van der Waals surface area contributed by atoms with Gasteiger partial charge in [-0.3, -0.25) is 9.59 Å². The van der Waals surface area contributed by atoms with Crippen LogP contribution in [0.2, 0.25) is 0 Å². The number of amides is 2. The fourth-order valence-electron chi connectivity index (χ4n) is 4.97. The molecule has 2 heterocycles. The molecule has 2 aromatic rings. The summed E-state index contributed by atoms with van der Waals surface area (Å²) >= 11 is 0. The minimum Gasteiger partial charge on any atom is -0.348 e. The fraction of sp³-hybridized carbons (Fsp3) is 0.538. The zero-order valence-electron chi connectivity index (χ0n) is 19.1. The summed E-state index contributed by atoms with van der Waals surface area (Å²) in [6.45, 7) is 3.98. The van der Waals surface area contributed by atoms with Crippen molar-refractivity contribution in [2.75, 3.05) is 13.1 Å². The maximum atomic E-state index is 12.9. The topological polar surface area (TPSA) is 75.2 Å². The molecule has 1 aromatic heterocycles. The van der Waals surface area contributed by atoms with Crippen molar-refractivity contribution in [3.05, 3.63) is 59.2 Å². The maximum Gasteiger partial charge on any atom is 0.254 e. The van der Waals surface area contributed by atoms with Crippen molar-refractivity contribution < 1.29 is 9.59 Å². The number of hydrogen-bond acceptors (Lipinski definition) is 4. The second-order valence-electron chi connectivity index (χ2n) is 9.25. The molecule has 0 spiro atoms. The maximum absolute atomic E-state index is 12.9. The molecule has 2 amide bonds. The summed E-state index contributed by atoms with van der Waals surface area (Å²) in [5, 5.41) is 3.00. The number of nitrogens with one attached hydrogen (secondary N) is 1. The van der Waals surface area contributed by atoms with E-state index in [1.165, 1.54) is 19.3 Å². The van der Waals surface area contributed by atoms with Gasteiger partial charge in [0, 0.05) is 31.7 Å². The Morgan fingerprint density at radius 1 is 1.03 bits per heavy atom. The van der Waals surface area contributed by atoms with Gasteiger partial charge in [0.05, 0.1) is 11.3 Å². The smallest absolute Gasteiger partial charge is 0.254 e. The van der Waals surface area contributed by atoms with Crippen molar-refractivity contribution in [1.29, 1.82) is 0 Å². The van der Waals surface area contributed by atoms with E-state index in [1.54, 1.807) is 6.20 Å². The number of piperidine rings is 1. The van der Waals surface area contributed by atoms with Gasteiger partial charge in [-0.15, -0.1) is 0 Å². The first kappa shape index (κ1) is 22.4. The van der Waals surface area contributed by atoms with Crippen LogP contribution in [0, 0.1) is 18.8 Å². The van der Waals surface area contributed by atoms with E-state index in [9.17, 15) is 9.59 Å². The number of hydrogen-bond donors (Lipinski definition) is 1. The molecular formula is C26H34N4O2. The molecule has 1 aromatic carbocycles. The summed E-state index contributed by atoms with van der Waals surface area (Å²) < 4.78 is 0. The van der Waals surface area contributed by atoms with E-state index in [-0.39, 0.29) is 11.8 Å². The van der Waals surface area contributed by atoms with E-state index in [2.05, 4.69) is 20.2 Å². The van der Waals surface area contributed by atoms with Gasteiger partial charge >= 0.3 is 0 Å². The van der Waals surface area contributed by atoms with Gasteiger partial charge in [-0.2, -0.15) is 0 Å². The summed E-state index contributed by atoms with van der Waals surface area (Å²) in [7, 11) is 0. The molecule has 1 N–H and O–H groups in total. The number of rotatable bonds is 6. The normalized spacial score (nSPS) is 17.8. The lowest BCUT2D eigenvalue weighted by Crippen LogP contribution is -2.42. The van der Waals surface area contributed by atoms with Gasteiger partial charge < -0.3 is 10.2 Å². The van der Waals surface area contributed by atoms with Gasteiger partial charge in [-0.05, 0) is 50.5 Å². The minimum absolute atomic E-state index is 0.131. The van der Waals surface area contributed by atoms with E-state index in [4.69, 9.17) is 0 Å². The number of likely N-dealkylation sites (tertiary alicyclic amines) is 1. The molecule has 2 aliphatic rings. The summed E-state index contributed by atoms with van der Waals surface area (Å²) in [6.07, 6.45) is 10.1. The lowest BCUT2D eigenvalue weighted by molar-refractivity contribution is -0.138. The molecule has 0 atom stereocenters. The Kier molecular flexibility index (Phi) is 7.51. The molecule has 4 rings (SSSR count). The highest BCUT2D eigenvalue weighted by Gasteiger charge is 2.30. The molecule has 32 heavy (non-hydrogen) atoms. The molecule has 0 bridgehead atoms. The first-order valence-corrected chi connectivity index (χ1v) is 12.0. The minimum atomic E-state index is -0.131. The Hall–Kier alpha value is -2.76. The standard InChI is InChI=1S/C26H34N4O2/c1-19-27-18-23(25(31)28-17-21-8-4-2-5-9-21)24(29-19)16-20-12-14-30(15-13-20)26(32)22-10-6-3-7-11-22/h2,4-5,8-9,18,20,22H,3,6-7,10-17H2,1H3,(H,28,31). The second-order valence-corrected chi connectivity index (χ2v) is 9.25. The summed E-state index contributed by atoms with van der Waals surface area (Å²) in [4.78, 5) is 36.7. The summed E-state index contributed by atoms with van der Waals surface area (Å²) in [5.74, 6) is 1.59. The highest BCUT2D eigenvalue weighted by molar-refractivity contribution is 5.94. The number of aryl methyl sites for hydroxylation is 1. The van der Waals surface area contributed by atoms with Crippen LogP contribution in [0.25, 0.3) is 0 Å². The van der Waals surface area contributed by atoms with Gasteiger partial charge in [0.25, 0.3) is 5.91 Å². The van der Waals surface area contributed by atoms with Gasteiger partial charge in [-0.25, -0.2) is 9.97 Å². The van der Waals surface area contributed by atoms with Crippen molar-refractivity contribution in [1.82, 2.24) is 20.2 Å². The van der Waals surface area contributed by atoms with Crippen LogP contribution in [0.4, 0.5) is 0 Å². The lowest BCUT2D eigenvalue weighted by Gasteiger charge is -2.35. The second kappa shape index (κ2) is 10.7. The van der Waals surface area contributed by atoms with Crippen LogP contribution in [-0.4, -0.2) is 39.8 Å². The van der Waals surface area contributed by atoms with Crippen molar-refractivity contribution in [2.24, 2.45) is 11.8 Å². The van der Waals surface area contributed by atoms with Crippen molar-refractivity contribution in [2.45, 2.75) is 64.8 Å². The molecule has 6 nitrogen and oxygen atoms in total. The number of aromatic nitrogens is 2. The zero-order chi connectivity index (χ0) is 22.3. The van der Waals surface area contributed by atoms with E-state index in [1.807, 2.05) is 37.3 Å². The molecule has 1 aliphatic heterocycles. The third kappa shape index (κ3) is 5.72. The monoisotopic (exact) mass is 434 g/mol. The SMILES string of the molecule is Cc1ncc(C(=O)NCc2ccccc2)c(CC2CCN(C(=O)C3CCCCC3)CC2)n1. The predicted molar refractivity (Wildman–Crippen MR) is 124 cm³/mol. The van der Waals surface area contributed by atoms with Gasteiger partial charge in [-0.1, -0.05) is 49.6 Å². The molecule has 0 unspecified atom stereocenters.